The van der Waals surface area contributed by atoms with Gasteiger partial charge in [0.15, 0.2) is 0 Å². The summed E-state index contributed by atoms with van der Waals surface area (Å²) in [6, 6.07) is 14.3. The Balaban J connectivity index is 2.17. The molecule has 0 bridgehead atoms. The van der Waals surface area contributed by atoms with E-state index in [2.05, 4.69) is 42.8 Å². The lowest BCUT2D eigenvalue weighted by molar-refractivity contribution is 0.416. The fourth-order valence-electron chi connectivity index (χ4n) is 2.00. The predicted octanol–water partition coefficient (Wildman–Crippen LogP) is 5.24. The van der Waals surface area contributed by atoms with E-state index in [1.807, 2.05) is 18.2 Å². The summed E-state index contributed by atoms with van der Waals surface area (Å²) in [7, 11) is 1.66. The highest BCUT2D eigenvalue weighted by Crippen LogP contribution is 2.31. The predicted molar refractivity (Wildman–Crippen MR) is 88.3 cm³/mol. The summed E-state index contributed by atoms with van der Waals surface area (Å²) in [5, 5.41) is 4.13. The zero-order valence-electron chi connectivity index (χ0n) is 11.8. The summed E-state index contributed by atoms with van der Waals surface area (Å²) < 4.78 is 5.35. The van der Waals surface area contributed by atoms with Gasteiger partial charge in [-0.3, -0.25) is 0 Å². The lowest BCUT2D eigenvalue weighted by Gasteiger charge is -2.18. The van der Waals surface area contributed by atoms with Crippen LogP contribution in [0.2, 0.25) is 5.02 Å². The van der Waals surface area contributed by atoms with Gasteiger partial charge in [0, 0.05) is 16.0 Å². The maximum Gasteiger partial charge on any atom is 0.142 e. The number of ether oxygens (including phenoxy) is 1. The number of anilines is 1. The molecule has 0 heterocycles. The Bertz CT molecular complexity index is 571. The van der Waals surface area contributed by atoms with Crippen LogP contribution >= 0.6 is 23.4 Å². The summed E-state index contributed by atoms with van der Waals surface area (Å²) in [5.41, 5.74) is 2.13. The first-order chi connectivity index (χ1) is 9.63. The molecule has 0 amide bonds. The molecule has 106 valence electrons. The maximum absolute atomic E-state index is 6.04. The van der Waals surface area contributed by atoms with Gasteiger partial charge >= 0.3 is 0 Å². The van der Waals surface area contributed by atoms with Crippen molar-refractivity contribution in [1.82, 2.24) is 0 Å². The second-order valence-electron chi connectivity index (χ2n) is 4.48. The van der Waals surface area contributed by atoms with Crippen LogP contribution in [0.3, 0.4) is 0 Å². The van der Waals surface area contributed by atoms with Gasteiger partial charge in [0.25, 0.3) is 0 Å². The smallest absolute Gasteiger partial charge is 0.142 e. The average Bonchev–Trinajstić information content (AvgIpc) is 2.47. The summed E-state index contributed by atoms with van der Waals surface area (Å²) in [6.07, 6.45) is 2.08. The third-order valence-corrected chi connectivity index (χ3v) is 4.13. The van der Waals surface area contributed by atoms with Crippen LogP contribution < -0.4 is 10.1 Å². The summed E-state index contributed by atoms with van der Waals surface area (Å²) in [5.74, 6) is 0.794. The van der Waals surface area contributed by atoms with E-state index >= 15 is 0 Å². The topological polar surface area (TPSA) is 21.3 Å². The molecule has 0 saturated carbocycles. The van der Waals surface area contributed by atoms with E-state index < -0.39 is 0 Å². The summed E-state index contributed by atoms with van der Waals surface area (Å²) in [6.45, 7) is 2.12. The Morgan fingerprint density at radius 3 is 2.45 bits per heavy atom. The Morgan fingerprint density at radius 2 is 1.85 bits per heavy atom. The van der Waals surface area contributed by atoms with Crippen molar-refractivity contribution < 1.29 is 4.74 Å². The Hall–Kier alpha value is -1.32. The zero-order chi connectivity index (χ0) is 14.5. The Labute approximate surface area is 129 Å². The second kappa shape index (κ2) is 6.91. The molecule has 0 aliphatic heterocycles. The second-order valence-corrected chi connectivity index (χ2v) is 5.80. The third kappa shape index (κ3) is 3.62. The van der Waals surface area contributed by atoms with Crippen LogP contribution in [0, 0.1) is 0 Å². The van der Waals surface area contributed by atoms with Crippen molar-refractivity contribution in [3.63, 3.8) is 0 Å². The van der Waals surface area contributed by atoms with Crippen LogP contribution in [-0.2, 0) is 0 Å². The highest BCUT2D eigenvalue weighted by molar-refractivity contribution is 7.98. The molecule has 1 N–H and O–H groups in total. The third-order valence-electron chi connectivity index (χ3n) is 3.15. The van der Waals surface area contributed by atoms with Crippen molar-refractivity contribution >= 4 is 29.1 Å². The van der Waals surface area contributed by atoms with E-state index in [0.717, 1.165) is 11.4 Å². The molecule has 0 radical (unpaired) electrons. The maximum atomic E-state index is 6.04. The first-order valence-electron chi connectivity index (χ1n) is 6.38. The van der Waals surface area contributed by atoms with E-state index in [9.17, 15) is 0 Å². The number of thioether (sulfide) groups is 1. The molecule has 2 rings (SSSR count). The van der Waals surface area contributed by atoms with E-state index in [-0.39, 0.29) is 6.04 Å². The molecule has 20 heavy (non-hydrogen) atoms. The van der Waals surface area contributed by atoms with Gasteiger partial charge in [-0.15, -0.1) is 11.8 Å². The van der Waals surface area contributed by atoms with Gasteiger partial charge in [0.2, 0.25) is 0 Å². The largest absolute Gasteiger partial charge is 0.495 e. The highest BCUT2D eigenvalue weighted by atomic mass is 35.5. The Morgan fingerprint density at radius 1 is 1.15 bits per heavy atom. The Kier molecular flexibility index (Phi) is 5.21. The highest BCUT2D eigenvalue weighted by Gasteiger charge is 2.09. The van der Waals surface area contributed by atoms with Crippen LogP contribution in [0.5, 0.6) is 5.75 Å². The molecular formula is C16H18ClNOS. The zero-order valence-corrected chi connectivity index (χ0v) is 13.4. The van der Waals surface area contributed by atoms with Crippen LogP contribution in [-0.4, -0.2) is 13.4 Å². The van der Waals surface area contributed by atoms with Crippen LogP contribution in [0.25, 0.3) is 0 Å². The fraction of sp³-hybridized carbons (Fsp3) is 0.250. The molecule has 0 saturated heterocycles. The molecule has 0 aliphatic carbocycles. The molecule has 2 nitrogen and oxygen atoms in total. The van der Waals surface area contributed by atoms with E-state index in [0.29, 0.717) is 5.02 Å². The SMILES string of the molecule is COc1ccc(Cl)cc1NC(C)c1ccc(SC)cc1. The van der Waals surface area contributed by atoms with Crippen LogP contribution in [0.1, 0.15) is 18.5 Å². The monoisotopic (exact) mass is 307 g/mol. The minimum absolute atomic E-state index is 0.179. The van der Waals surface area contributed by atoms with Crippen molar-refractivity contribution in [2.75, 3.05) is 18.7 Å². The van der Waals surface area contributed by atoms with Crippen molar-refractivity contribution in [2.45, 2.75) is 17.9 Å². The molecule has 1 unspecified atom stereocenters. The fourth-order valence-corrected chi connectivity index (χ4v) is 2.58. The molecule has 2 aromatic carbocycles. The number of hydrogen-bond acceptors (Lipinski definition) is 3. The number of hydrogen-bond donors (Lipinski definition) is 1. The minimum atomic E-state index is 0.179. The molecule has 1 atom stereocenters. The van der Waals surface area contributed by atoms with Crippen LogP contribution in [0.15, 0.2) is 47.4 Å². The molecule has 0 aliphatic rings. The number of rotatable bonds is 5. The first kappa shape index (κ1) is 15.1. The normalized spacial score (nSPS) is 12.0. The van der Waals surface area contributed by atoms with Gasteiger partial charge in [-0.2, -0.15) is 0 Å². The van der Waals surface area contributed by atoms with E-state index in [1.165, 1.54) is 10.5 Å². The lowest BCUT2D eigenvalue weighted by atomic mass is 10.1. The van der Waals surface area contributed by atoms with E-state index in [1.54, 1.807) is 18.9 Å². The van der Waals surface area contributed by atoms with Crippen molar-refractivity contribution in [1.29, 1.82) is 0 Å². The molecule has 0 aromatic heterocycles. The van der Waals surface area contributed by atoms with Gasteiger partial charge < -0.3 is 10.1 Å². The van der Waals surface area contributed by atoms with Crippen LogP contribution in [0.4, 0.5) is 5.69 Å². The van der Waals surface area contributed by atoms with Gasteiger partial charge in [-0.05, 0) is 49.1 Å². The van der Waals surface area contributed by atoms with Gasteiger partial charge in [-0.25, -0.2) is 0 Å². The standard InChI is InChI=1S/C16H18ClNOS/c1-11(12-4-7-14(20-3)8-5-12)18-15-10-13(17)6-9-16(15)19-2/h4-11,18H,1-3H3. The molecular weight excluding hydrogens is 290 g/mol. The van der Waals surface area contributed by atoms with E-state index in [4.69, 9.17) is 16.3 Å². The molecule has 4 heteroatoms. The lowest BCUT2D eigenvalue weighted by Crippen LogP contribution is -2.07. The molecule has 0 fully saturated rings. The number of methoxy groups -OCH3 is 1. The number of halogens is 1. The minimum Gasteiger partial charge on any atom is -0.495 e. The summed E-state index contributed by atoms with van der Waals surface area (Å²) >= 11 is 7.79. The first-order valence-corrected chi connectivity index (χ1v) is 7.98. The average molecular weight is 308 g/mol. The van der Waals surface area contributed by atoms with Crippen molar-refractivity contribution in [2.24, 2.45) is 0 Å². The van der Waals surface area contributed by atoms with Gasteiger partial charge in [0.1, 0.15) is 5.75 Å². The van der Waals surface area contributed by atoms with Gasteiger partial charge in [-0.1, -0.05) is 23.7 Å². The number of benzene rings is 2. The van der Waals surface area contributed by atoms with Crippen molar-refractivity contribution in [3.8, 4) is 5.75 Å². The molecule has 2 aromatic rings. The quantitative estimate of drug-likeness (QED) is 0.763. The van der Waals surface area contributed by atoms with Crippen molar-refractivity contribution in [3.05, 3.63) is 53.1 Å². The number of nitrogens with one attached hydrogen (secondary N) is 1. The van der Waals surface area contributed by atoms with Gasteiger partial charge in [0.05, 0.1) is 12.8 Å². The molecule has 0 spiro atoms. The summed E-state index contributed by atoms with van der Waals surface area (Å²) in [4.78, 5) is 1.27.